The number of nitrogens with zero attached hydrogens (tertiary/aromatic N) is 4. The number of carbonyl (C=O) groups excluding carboxylic acids is 1. The van der Waals surface area contributed by atoms with Gasteiger partial charge in [0.15, 0.2) is 0 Å². The first kappa shape index (κ1) is 17.6. The molecule has 3 heterocycles. The van der Waals surface area contributed by atoms with Gasteiger partial charge in [0.25, 0.3) is 0 Å². The van der Waals surface area contributed by atoms with E-state index in [1.165, 1.54) is 0 Å². The quantitative estimate of drug-likeness (QED) is 0.892. The van der Waals surface area contributed by atoms with Gasteiger partial charge in [-0.1, -0.05) is 6.07 Å². The van der Waals surface area contributed by atoms with E-state index in [0.29, 0.717) is 32.4 Å². The minimum Gasteiger partial charge on any atom is -0.391 e. The molecule has 1 aliphatic rings. The summed E-state index contributed by atoms with van der Waals surface area (Å²) in [5, 5.41) is 14.7. The summed E-state index contributed by atoms with van der Waals surface area (Å²) < 4.78 is 1.86. The smallest absolute Gasteiger partial charge is 0.223 e. The summed E-state index contributed by atoms with van der Waals surface area (Å²) in [6, 6.07) is 5.79. The lowest BCUT2D eigenvalue weighted by Crippen LogP contribution is -2.29. The highest BCUT2D eigenvalue weighted by Gasteiger charge is 2.34. The van der Waals surface area contributed by atoms with Crippen LogP contribution in [0.2, 0.25) is 0 Å². The van der Waals surface area contributed by atoms with Crippen molar-refractivity contribution in [2.24, 2.45) is 13.0 Å². The highest BCUT2D eigenvalue weighted by molar-refractivity contribution is 5.77. The summed E-state index contributed by atoms with van der Waals surface area (Å²) in [5.74, 6) is 0.158. The molecule has 6 nitrogen and oxygen atoms in total. The number of β-amino-alcohol motifs (C(OH)–C–C–N with tert-alkyl or cyclic N) is 1. The lowest BCUT2D eigenvalue weighted by atomic mass is 10.00. The number of likely N-dealkylation sites (tertiary alicyclic amines) is 1. The third-order valence-electron chi connectivity index (χ3n) is 5.20. The second kappa shape index (κ2) is 7.35. The Labute approximate surface area is 148 Å². The van der Waals surface area contributed by atoms with Crippen LogP contribution in [0, 0.1) is 19.8 Å². The number of pyridine rings is 1. The fraction of sp³-hybridized carbons (Fsp3) is 0.526. The average molecular weight is 342 g/mol. The Balaban J connectivity index is 1.56. The summed E-state index contributed by atoms with van der Waals surface area (Å²) in [6.07, 6.45) is 3.14. The topological polar surface area (TPSA) is 71.2 Å². The summed E-state index contributed by atoms with van der Waals surface area (Å²) >= 11 is 0. The van der Waals surface area contributed by atoms with Crippen LogP contribution in [-0.2, 0) is 24.7 Å². The van der Waals surface area contributed by atoms with E-state index in [1.54, 1.807) is 11.1 Å². The molecule has 2 aromatic heterocycles. The molecule has 0 unspecified atom stereocenters. The van der Waals surface area contributed by atoms with E-state index in [4.69, 9.17) is 0 Å². The molecule has 0 bridgehead atoms. The number of aliphatic hydroxyl groups excluding tert-OH is 1. The molecule has 0 radical (unpaired) electrons. The van der Waals surface area contributed by atoms with Gasteiger partial charge in [0.05, 0.1) is 11.8 Å². The standard InChI is InChI=1S/C19H26N4O2/c1-13-17(14(2)22(3)21-13)7-8-19(25)23-11-15(18(24)12-23)10-16-6-4-5-9-20-16/h4-6,9,15,18,24H,7-8,10-12H2,1-3H3/t15-,18-/m1/s1. The monoisotopic (exact) mass is 342 g/mol. The molecule has 2 atom stereocenters. The Morgan fingerprint density at radius 3 is 2.76 bits per heavy atom. The van der Waals surface area contributed by atoms with Crippen LogP contribution < -0.4 is 0 Å². The Hall–Kier alpha value is -2.21. The van der Waals surface area contributed by atoms with Gasteiger partial charge in [0.2, 0.25) is 5.91 Å². The number of aliphatic hydroxyl groups is 1. The van der Waals surface area contributed by atoms with E-state index in [9.17, 15) is 9.90 Å². The lowest BCUT2D eigenvalue weighted by molar-refractivity contribution is -0.130. The number of hydrogen-bond donors (Lipinski definition) is 1. The van der Waals surface area contributed by atoms with Crippen molar-refractivity contribution in [3.05, 3.63) is 47.0 Å². The molecule has 1 amide bonds. The van der Waals surface area contributed by atoms with Crippen LogP contribution in [-0.4, -0.2) is 49.9 Å². The predicted octanol–water partition coefficient (Wildman–Crippen LogP) is 1.43. The van der Waals surface area contributed by atoms with Crippen molar-refractivity contribution in [3.8, 4) is 0 Å². The zero-order valence-electron chi connectivity index (χ0n) is 15.1. The van der Waals surface area contributed by atoms with Gasteiger partial charge < -0.3 is 10.0 Å². The summed E-state index contributed by atoms with van der Waals surface area (Å²) in [7, 11) is 1.92. The van der Waals surface area contributed by atoms with Crippen molar-refractivity contribution >= 4 is 5.91 Å². The van der Waals surface area contributed by atoms with E-state index in [-0.39, 0.29) is 11.8 Å². The lowest BCUT2D eigenvalue weighted by Gasteiger charge is -2.16. The van der Waals surface area contributed by atoms with E-state index < -0.39 is 6.10 Å². The van der Waals surface area contributed by atoms with Gasteiger partial charge in [-0.3, -0.25) is 14.5 Å². The molecule has 0 aromatic carbocycles. The SMILES string of the molecule is Cc1nn(C)c(C)c1CCC(=O)N1C[C@@H](Cc2ccccn2)[C@H](O)C1. The zero-order chi connectivity index (χ0) is 18.0. The second-order valence-corrected chi connectivity index (χ2v) is 6.92. The average Bonchev–Trinajstić information content (AvgIpc) is 3.07. The third kappa shape index (κ3) is 3.90. The van der Waals surface area contributed by atoms with Crippen LogP contribution in [0.4, 0.5) is 0 Å². The molecule has 134 valence electrons. The van der Waals surface area contributed by atoms with Gasteiger partial charge in [0, 0.05) is 50.1 Å². The van der Waals surface area contributed by atoms with Crippen LogP contribution >= 0.6 is 0 Å². The summed E-state index contributed by atoms with van der Waals surface area (Å²) in [6.45, 7) is 5.03. The first-order valence-corrected chi connectivity index (χ1v) is 8.80. The van der Waals surface area contributed by atoms with Crippen LogP contribution in [0.1, 0.15) is 29.1 Å². The molecule has 25 heavy (non-hydrogen) atoms. The maximum Gasteiger partial charge on any atom is 0.223 e. The fourth-order valence-electron chi connectivity index (χ4n) is 3.62. The highest BCUT2D eigenvalue weighted by Crippen LogP contribution is 2.22. The Morgan fingerprint density at radius 2 is 2.12 bits per heavy atom. The molecule has 3 rings (SSSR count). The molecule has 0 saturated carbocycles. The van der Waals surface area contributed by atoms with Crippen LogP contribution in [0.3, 0.4) is 0 Å². The molecule has 6 heteroatoms. The summed E-state index contributed by atoms with van der Waals surface area (Å²) in [5.41, 5.74) is 4.21. The minimum absolute atomic E-state index is 0.0562. The molecule has 1 aliphatic heterocycles. The largest absolute Gasteiger partial charge is 0.391 e. The number of amides is 1. The van der Waals surface area contributed by atoms with Crippen molar-refractivity contribution in [1.82, 2.24) is 19.7 Å². The Morgan fingerprint density at radius 1 is 1.32 bits per heavy atom. The normalized spacial score (nSPS) is 20.2. The zero-order valence-corrected chi connectivity index (χ0v) is 15.1. The van der Waals surface area contributed by atoms with Crippen LogP contribution in [0.5, 0.6) is 0 Å². The van der Waals surface area contributed by atoms with Crippen molar-refractivity contribution in [2.45, 2.75) is 39.2 Å². The second-order valence-electron chi connectivity index (χ2n) is 6.92. The van der Waals surface area contributed by atoms with Gasteiger partial charge >= 0.3 is 0 Å². The maximum atomic E-state index is 12.6. The van der Waals surface area contributed by atoms with Crippen molar-refractivity contribution in [2.75, 3.05) is 13.1 Å². The maximum absolute atomic E-state index is 12.6. The molecular formula is C19H26N4O2. The molecule has 1 N–H and O–H groups in total. The van der Waals surface area contributed by atoms with Gasteiger partial charge in [-0.05, 0) is 44.4 Å². The minimum atomic E-state index is -0.479. The van der Waals surface area contributed by atoms with Crippen molar-refractivity contribution < 1.29 is 9.90 Å². The van der Waals surface area contributed by atoms with Crippen LogP contribution in [0.25, 0.3) is 0 Å². The Bertz CT molecular complexity index is 741. The molecule has 0 aliphatic carbocycles. The first-order chi connectivity index (χ1) is 12.0. The number of carbonyl (C=O) groups is 1. The van der Waals surface area contributed by atoms with E-state index in [1.807, 2.05) is 43.8 Å². The molecule has 1 saturated heterocycles. The van der Waals surface area contributed by atoms with E-state index in [2.05, 4.69) is 10.1 Å². The summed E-state index contributed by atoms with van der Waals surface area (Å²) in [4.78, 5) is 18.7. The molecule has 1 fully saturated rings. The van der Waals surface area contributed by atoms with Crippen molar-refractivity contribution in [3.63, 3.8) is 0 Å². The predicted molar refractivity (Wildman–Crippen MR) is 95.0 cm³/mol. The van der Waals surface area contributed by atoms with Crippen molar-refractivity contribution in [1.29, 1.82) is 0 Å². The molecular weight excluding hydrogens is 316 g/mol. The van der Waals surface area contributed by atoms with Gasteiger partial charge in [0.1, 0.15) is 0 Å². The first-order valence-electron chi connectivity index (χ1n) is 8.80. The number of aromatic nitrogens is 3. The molecule has 2 aromatic rings. The van der Waals surface area contributed by atoms with Gasteiger partial charge in [-0.25, -0.2) is 0 Å². The van der Waals surface area contributed by atoms with E-state index >= 15 is 0 Å². The number of rotatable bonds is 5. The third-order valence-corrected chi connectivity index (χ3v) is 5.20. The number of hydrogen-bond acceptors (Lipinski definition) is 4. The number of aryl methyl sites for hydroxylation is 2. The van der Waals surface area contributed by atoms with E-state index in [0.717, 1.165) is 22.6 Å². The fourth-order valence-corrected chi connectivity index (χ4v) is 3.62. The highest BCUT2D eigenvalue weighted by atomic mass is 16.3. The Kier molecular flexibility index (Phi) is 5.18. The van der Waals surface area contributed by atoms with Crippen LogP contribution in [0.15, 0.2) is 24.4 Å². The molecule has 0 spiro atoms. The van der Waals surface area contributed by atoms with Gasteiger partial charge in [-0.2, -0.15) is 5.10 Å². The van der Waals surface area contributed by atoms with Gasteiger partial charge in [-0.15, -0.1) is 0 Å².